The third-order valence-electron chi connectivity index (χ3n) is 10.5. The van der Waals surface area contributed by atoms with Gasteiger partial charge in [0.15, 0.2) is 0 Å². The highest BCUT2D eigenvalue weighted by Crippen LogP contribution is 2.43. The number of fused-ring (bicyclic) bond motifs is 14. The zero-order valence-electron chi connectivity index (χ0n) is 26.1. The Hall–Kier alpha value is -6.72. The lowest BCUT2D eigenvalue weighted by atomic mass is 10.0. The highest BCUT2D eigenvalue weighted by Gasteiger charge is 2.23. The summed E-state index contributed by atoms with van der Waals surface area (Å²) in [7, 11) is 0. The van der Waals surface area contributed by atoms with Crippen LogP contribution in [0.5, 0.6) is 0 Å². The average molecular weight is 625 g/mol. The largest absolute Gasteiger partial charge is 0.437 e. The van der Waals surface area contributed by atoms with E-state index < -0.39 is 0 Å². The van der Waals surface area contributed by atoms with Crippen LogP contribution in [0, 0.1) is 0 Å². The Kier molecular flexibility index (Phi) is 4.66. The molecule has 226 valence electrons. The number of hydrogen-bond acceptors (Lipinski definition) is 3. The van der Waals surface area contributed by atoms with Crippen LogP contribution in [0.2, 0.25) is 0 Å². The summed E-state index contributed by atoms with van der Waals surface area (Å²) in [5.74, 6) is 0.586. The molecule has 12 rings (SSSR count). The van der Waals surface area contributed by atoms with Gasteiger partial charge in [0, 0.05) is 43.3 Å². The van der Waals surface area contributed by atoms with Crippen molar-refractivity contribution in [1.29, 1.82) is 0 Å². The van der Waals surface area contributed by atoms with E-state index in [0.717, 1.165) is 44.0 Å². The zero-order chi connectivity index (χ0) is 31.8. The molecule has 49 heavy (non-hydrogen) atoms. The van der Waals surface area contributed by atoms with Crippen molar-refractivity contribution >= 4 is 92.7 Å². The van der Waals surface area contributed by atoms with E-state index >= 15 is 0 Å². The van der Waals surface area contributed by atoms with E-state index in [1.807, 2.05) is 24.3 Å². The monoisotopic (exact) mass is 624 g/mol. The van der Waals surface area contributed by atoms with Crippen LogP contribution in [-0.2, 0) is 0 Å². The first-order chi connectivity index (χ1) is 24.3. The first-order valence-electron chi connectivity index (χ1n) is 16.6. The van der Waals surface area contributed by atoms with Crippen molar-refractivity contribution in [1.82, 2.24) is 18.9 Å². The highest BCUT2D eigenvalue weighted by molar-refractivity contribution is 6.28. The molecule has 0 amide bonds. The first-order valence-corrected chi connectivity index (χ1v) is 16.6. The summed E-state index contributed by atoms with van der Waals surface area (Å²) in [5.41, 5.74) is 9.11. The third kappa shape index (κ3) is 3.19. The smallest absolute Gasteiger partial charge is 0.238 e. The highest BCUT2D eigenvalue weighted by atomic mass is 16.3. The van der Waals surface area contributed by atoms with Gasteiger partial charge in [0.1, 0.15) is 5.58 Å². The molecule has 0 unspecified atom stereocenters. The predicted octanol–water partition coefficient (Wildman–Crippen LogP) is 11.4. The van der Waals surface area contributed by atoms with Crippen LogP contribution in [0.15, 0.2) is 150 Å². The zero-order valence-corrected chi connectivity index (χ0v) is 26.1. The Labute approximate surface area is 278 Å². The van der Waals surface area contributed by atoms with E-state index in [4.69, 9.17) is 14.4 Å². The first kappa shape index (κ1) is 25.4. The van der Waals surface area contributed by atoms with Crippen molar-refractivity contribution in [2.45, 2.75) is 0 Å². The molecule has 0 radical (unpaired) electrons. The van der Waals surface area contributed by atoms with Crippen molar-refractivity contribution < 1.29 is 4.42 Å². The van der Waals surface area contributed by atoms with Crippen molar-refractivity contribution in [2.24, 2.45) is 0 Å². The lowest BCUT2D eigenvalue weighted by Gasteiger charge is -2.10. The molecule has 12 aromatic rings. The fourth-order valence-electron chi connectivity index (χ4n) is 8.45. The van der Waals surface area contributed by atoms with E-state index in [0.29, 0.717) is 11.7 Å². The van der Waals surface area contributed by atoms with Crippen molar-refractivity contribution in [3.05, 3.63) is 146 Å². The molecule has 0 fully saturated rings. The number of furan rings is 1. The van der Waals surface area contributed by atoms with Gasteiger partial charge in [0.25, 0.3) is 0 Å². The minimum absolute atomic E-state index is 0.580. The van der Waals surface area contributed by atoms with Gasteiger partial charge in [-0.1, -0.05) is 109 Å². The number of aromatic nitrogens is 4. The molecule has 0 bridgehead atoms. The van der Waals surface area contributed by atoms with Gasteiger partial charge in [-0.3, -0.25) is 4.57 Å². The summed E-state index contributed by atoms with van der Waals surface area (Å²) in [5, 5.41) is 11.8. The van der Waals surface area contributed by atoms with Gasteiger partial charge >= 0.3 is 0 Å². The van der Waals surface area contributed by atoms with Gasteiger partial charge in [0.05, 0.1) is 38.7 Å². The second kappa shape index (κ2) is 9.00. The van der Waals surface area contributed by atoms with Crippen LogP contribution in [0.4, 0.5) is 0 Å². The molecule has 0 N–H and O–H groups in total. The number of rotatable bonds is 2. The molecular weight excluding hydrogens is 601 g/mol. The molecular formula is C44H24N4O. The van der Waals surface area contributed by atoms with E-state index in [2.05, 4.69) is 130 Å². The van der Waals surface area contributed by atoms with Crippen molar-refractivity contribution in [3.63, 3.8) is 0 Å². The van der Waals surface area contributed by atoms with Crippen LogP contribution in [0.3, 0.4) is 0 Å². The molecule has 0 aliphatic rings. The van der Waals surface area contributed by atoms with Crippen molar-refractivity contribution in [2.75, 3.05) is 0 Å². The number of para-hydroxylation sites is 4. The SMILES string of the molecule is c1ccc(-c2nc(-n3c4ccccc4c4c5cc6c(cc5ccc43)c3cccc4c5ccccc5n6c43)nc3oc4ccccc4c23)cc1. The molecule has 7 aromatic carbocycles. The maximum absolute atomic E-state index is 6.42. The Morgan fingerprint density at radius 1 is 0.449 bits per heavy atom. The second-order valence-electron chi connectivity index (χ2n) is 13.0. The molecule has 0 aliphatic carbocycles. The summed E-state index contributed by atoms with van der Waals surface area (Å²) in [6.45, 7) is 0. The Morgan fingerprint density at radius 2 is 1.16 bits per heavy atom. The van der Waals surface area contributed by atoms with Crippen LogP contribution >= 0.6 is 0 Å². The molecule has 5 nitrogen and oxygen atoms in total. The maximum Gasteiger partial charge on any atom is 0.238 e. The molecule has 5 heteroatoms. The van der Waals surface area contributed by atoms with Gasteiger partial charge in [-0.05, 0) is 47.2 Å². The second-order valence-corrected chi connectivity index (χ2v) is 13.0. The predicted molar refractivity (Wildman–Crippen MR) is 201 cm³/mol. The quantitative estimate of drug-likeness (QED) is 0.192. The normalized spacial score (nSPS) is 12.5. The fraction of sp³-hybridized carbons (Fsp3) is 0. The summed E-state index contributed by atoms with van der Waals surface area (Å²) < 4.78 is 11.1. The van der Waals surface area contributed by atoms with Crippen molar-refractivity contribution in [3.8, 4) is 17.2 Å². The average Bonchev–Trinajstić information content (AvgIpc) is 3.89. The Balaban J connectivity index is 1.23. The van der Waals surface area contributed by atoms with Gasteiger partial charge in [-0.2, -0.15) is 4.98 Å². The van der Waals surface area contributed by atoms with Gasteiger partial charge in [-0.25, -0.2) is 4.98 Å². The van der Waals surface area contributed by atoms with Gasteiger partial charge in [-0.15, -0.1) is 0 Å². The lowest BCUT2D eigenvalue weighted by Crippen LogP contribution is -2.02. The molecule has 0 aliphatic heterocycles. The minimum atomic E-state index is 0.580. The molecule has 0 saturated heterocycles. The molecule has 0 atom stereocenters. The molecule has 0 spiro atoms. The van der Waals surface area contributed by atoms with Crippen LogP contribution in [0.25, 0.3) is 110 Å². The summed E-state index contributed by atoms with van der Waals surface area (Å²) >= 11 is 0. The number of nitrogens with zero attached hydrogens (tertiary/aromatic N) is 4. The fourth-order valence-corrected chi connectivity index (χ4v) is 8.45. The van der Waals surface area contributed by atoms with Crippen LogP contribution in [0.1, 0.15) is 0 Å². The summed E-state index contributed by atoms with van der Waals surface area (Å²) in [6.07, 6.45) is 0. The lowest BCUT2D eigenvalue weighted by molar-refractivity contribution is 0.651. The van der Waals surface area contributed by atoms with E-state index in [1.54, 1.807) is 0 Å². The molecule has 0 saturated carbocycles. The van der Waals surface area contributed by atoms with Gasteiger partial charge < -0.3 is 8.82 Å². The maximum atomic E-state index is 6.42. The van der Waals surface area contributed by atoms with Crippen LogP contribution in [-0.4, -0.2) is 18.9 Å². The Bertz CT molecular complexity index is 3330. The van der Waals surface area contributed by atoms with E-state index in [-0.39, 0.29) is 0 Å². The molecule has 5 heterocycles. The summed E-state index contributed by atoms with van der Waals surface area (Å²) in [6, 6.07) is 51.7. The number of benzene rings is 7. The third-order valence-corrected chi connectivity index (χ3v) is 10.5. The standard InChI is InChI=1S/C44H24N4O/c1-2-11-25(12-3-1)41-40-31-15-6-9-20-38(31)49-43(40)46-44(45-41)48-35-19-8-5-14-30(35)39-32-24-37-33(23-26(32)21-22-36(39)48)29-17-10-16-28-27-13-4-7-18-34(27)47(37)42(28)29/h1-24H. The van der Waals surface area contributed by atoms with E-state index in [1.165, 1.54) is 54.3 Å². The topological polar surface area (TPSA) is 48.3 Å². The number of hydrogen-bond donors (Lipinski definition) is 0. The van der Waals surface area contributed by atoms with Crippen LogP contribution < -0.4 is 0 Å². The van der Waals surface area contributed by atoms with Gasteiger partial charge in [0.2, 0.25) is 11.7 Å². The van der Waals surface area contributed by atoms with E-state index in [9.17, 15) is 0 Å². The minimum Gasteiger partial charge on any atom is -0.437 e. The molecule has 5 aromatic heterocycles. The summed E-state index contributed by atoms with van der Waals surface area (Å²) in [4.78, 5) is 10.5. The Morgan fingerprint density at radius 3 is 2.04 bits per heavy atom.